The van der Waals surface area contributed by atoms with Gasteiger partial charge in [0.05, 0.1) is 6.61 Å². The Bertz CT molecular complexity index is 527. The van der Waals surface area contributed by atoms with Crippen LogP contribution in [0.5, 0.6) is 5.75 Å². The smallest absolute Gasteiger partial charge is 0.462 e. The molecule has 0 spiro atoms. The molecule has 0 fully saturated rings. The summed E-state index contributed by atoms with van der Waals surface area (Å²) in [6.07, 6.45) is 0.513. The minimum absolute atomic E-state index is 0.174. The lowest BCUT2D eigenvalue weighted by Gasteiger charge is -2.10. The quantitative estimate of drug-likeness (QED) is 0.264. The van der Waals surface area contributed by atoms with Crippen molar-refractivity contribution in [1.29, 1.82) is 0 Å². The molecule has 1 rings (SSSR count). The van der Waals surface area contributed by atoms with Crippen LogP contribution in [0.15, 0.2) is 36.4 Å². The van der Waals surface area contributed by atoms with Crippen molar-refractivity contribution in [2.24, 2.45) is 0 Å². The van der Waals surface area contributed by atoms with Gasteiger partial charge in [0.15, 0.2) is 0 Å². The molecule has 1 N–H and O–H groups in total. The van der Waals surface area contributed by atoms with Crippen LogP contribution in [0.3, 0.4) is 0 Å². The van der Waals surface area contributed by atoms with Crippen LogP contribution in [-0.2, 0) is 24.5 Å². The molecular weight excluding hydrogens is 303 g/mol. The summed E-state index contributed by atoms with van der Waals surface area (Å²) in [5, 5.41) is 0. The van der Waals surface area contributed by atoms with Crippen molar-refractivity contribution in [3.8, 4) is 5.75 Å². The highest BCUT2D eigenvalue weighted by Gasteiger charge is 2.21. The lowest BCUT2D eigenvalue weighted by Crippen LogP contribution is -2.07. The second kappa shape index (κ2) is 7.50. The van der Waals surface area contributed by atoms with Crippen LogP contribution in [0.1, 0.15) is 12.5 Å². The van der Waals surface area contributed by atoms with Crippen molar-refractivity contribution in [3.63, 3.8) is 0 Å². The summed E-state index contributed by atoms with van der Waals surface area (Å²) in [6, 6.07) is 6.38. The van der Waals surface area contributed by atoms with E-state index in [0.29, 0.717) is 12.0 Å². The SMILES string of the molecule is C=C(C)C(=O)OCCc1ccc(OP(=O)(O)OS)cc1. The van der Waals surface area contributed by atoms with Crippen LogP contribution < -0.4 is 4.52 Å². The third-order valence-electron chi connectivity index (χ3n) is 2.22. The van der Waals surface area contributed by atoms with Crippen molar-refractivity contribution in [2.45, 2.75) is 13.3 Å². The Morgan fingerprint density at radius 3 is 2.50 bits per heavy atom. The average Bonchev–Trinajstić information content (AvgIpc) is 2.40. The molecule has 1 atom stereocenters. The normalized spacial score (nSPS) is 13.3. The number of hydrogen-bond donors (Lipinski definition) is 2. The highest BCUT2D eigenvalue weighted by atomic mass is 32.1. The standard InChI is InChI=1S/C12H15O6PS/c1-9(2)12(13)16-8-7-10-3-5-11(6-4-10)17-19(14,15)18-20/h3-6,20H,1,7-8H2,2H3,(H,14,15). The van der Waals surface area contributed by atoms with Gasteiger partial charge < -0.3 is 9.26 Å². The second-order valence-corrected chi connectivity index (χ2v) is 5.72. The second-order valence-electron chi connectivity index (χ2n) is 3.95. The summed E-state index contributed by atoms with van der Waals surface area (Å²) < 4.78 is 24.8. The summed E-state index contributed by atoms with van der Waals surface area (Å²) in [4.78, 5) is 20.2. The molecule has 0 heterocycles. The minimum Gasteiger partial charge on any atom is -0.462 e. The number of hydrogen-bond acceptors (Lipinski definition) is 6. The van der Waals surface area contributed by atoms with E-state index in [0.717, 1.165) is 5.56 Å². The molecule has 6 nitrogen and oxygen atoms in total. The van der Waals surface area contributed by atoms with E-state index < -0.39 is 13.8 Å². The molecule has 0 bridgehead atoms. The summed E-state index contributed by atoms with van der Waals surface area (Å²) in [5.41, 5.74) is 1.23. The van der Waals surface area contributed by atoms with Crippen LogP contribution in [0.25, 0.3) is 0 Å². The molecule has 0 saturated heterocycles. The van der Waals surface area contributed by atoms with Crippen molar-refractivity contribution in [1.82, 2.24) is 0 Å². The molecule has 1 aromatic carbocycles. The maximum atomic E-state index is 11.2. The number of carbonyl (C=O) groups excluding carboxylic acids is 1. The van der Waals surface area contributed by atoms with Crippen molar-refractivity contribution >= 4 is 26.7 Å². The van der Waals surface area contributed by atoms with Gasteiger partial charge in [-0.25, -0.2) is 13.3 Å². The van der Waals surface area contributed by atoms with E-state index in [2.05, 4.69) is 23.5 Å². The van der Waals surface area contributed by atoms with E-state index in [1.54, 1.807) is 19.1 Å². The van der Waals surface area contributed by atoms with E-state index in [1.807, 2.05) is 0 Å². The lowest BCUT2D eigenvalue weighted by molar-refractivity contribution is -0.138. The molecule has 0 amide bonds. The molecule has 0 aliphatic rings. The Balaban J connectivity index is 2.49. The summed E-state index contributed by atoms with van der Waals surface area (Å²) in [5.74, 6) is -0.260. The van der Waals surface area contributed by atoms with Gasteiger partial charge >= 0.3 is 13.8 Å². The van der Waals surface area contributed by atoms with Gasteiger partial charge in [-0.3, -0.25) is 4.89 Å². The fourth-order valence-corrected chi connectivity index (χ4v) is 1.77. The zero-order valence-electron chi connectivity index (χ0n) is 10.8. The number of benzene rings is 1. The largest absolute Gasteiger partial charge is 0.538 e. The van der Waals surface area contributed by atoms with Crippen LogP contribution in [0.4, 0.5) is 0 Å². The number of phosphoric ester groups is 1. The topological polar surface area (TPSA) is 82.1 Å². The Kier molecular flexibility index (Phi) is 6.29. The lowest BCUT2D eigenvalue weighted by atomic mass is 10.1. The Morgan fingerprint density at radius 1 is 1.40 bits per heavy atom. The van der Waals surface area contributed by atoms with Gasteiger partial charge in [0.25, 0.3) is 0 Å². The summed E-state index contributed by atoms with van der Waals surface area (Å²) >= 11 is 3.24. The third-order valence-corrected chi connectivity index (χ3v) is 3.49. The van der Waals surface area contributed by atoms with Gasteiger partial charge in [-0.05, 0) is 37.5 Å². The highest BCUT2D eigenvalue weighted by molar-refractivity contribution is 7.80. The van der Waals surface area contributed by atoms with E-state index >= 15 is 0 Å². The number of carbonyl (C=O) groups is 1. The van der Waals surface area contributed by atoms with E-state index in [-0.39, 0.29) is 12.4 Å². The average molecular weight is 318 g/mol. The predicted molar refractivity (Wildman–Crippen MR) is 76.4 cm³/mol. The first-order chi connectivity index (χ1) is 9.34. The van der Waals surface area contributed by atoms with E-state index in [4.69, 9.17) is 14.2 Å². The molecule has 0 aliphatic heterocycles. The molecular formula is C12H15O6PS. The molecule has 0 aromatic heterocycles. The first-order valence-corrected chi connectivity index (χ1v) is 7.47. The first kappa shape index (κ1) is 16.8. The third kappa shape index (κ3) is 5.79. The summed E-state index contributed by atoms with van der Waals surface area (Å²) in [6.45, 7) is 5.28. The van der Waals surface area contributed by atoms with Gasteiger partial charge in [-0.1, -0.05) is 18.7 Å². The fourth-order valence-electron chi connectivity index (χ4n) is 1.25. The molecule has 8 heteroatoms. The molecule has 1 aromatic rings. The van der Waals surface area contributed by atoms with E-state index in [9.17, 15) is 9.36 Å². The fraction of sp³-hybridized carbons (Fsp3) is 0.250. The maximum Gasteiger partial charge on any atom is 0.538 e. The Morgan fingerprint density at radius 2 is 2.00 bits per heavy atom. The monoisotopic (exact) mass is 318 g/mol. The zero-order valence-corrected chi connectivity index (χ0v) is 12.6. The van der Waals surface area contributed by atoms with Gasteiger partial charge in [0, 0.05) is 12.0 Å². The highest BCUT2D eigenvalue weighted by Crippen LogP contribution is 2.44. The van der Waals surface area contributed by atoms with Crippen molar-refractivity contribution in [3.05, 3.63) is 42.0 Å². The maximum absolute atomic E-state index is 11.2. The summed E-state index contributed by atoms with van der Waals surface area (Å²) in [7, 11) is -4.17. The zero-order chi connectivity index (χ0) is 15.2. The molecule has 20 heavy (non-hydrogen) atoms. The van der Waals surface area contributed by atoms with E-state index in [1.165, 1.54) is 12.1 Å². The van der Waals surface area contributed by atoms with Crippen LogP contribution in [0.2, 0.25) is 0 Å². The van der Waals surface area contributed by atoms with Gasteiger partial charge in [0.1, 0.15) is 5.75 Å². The van der Waals surface area contributed by atoms with Crippen molar-refractivity contribution in [2.75, 3.05) is 6.61 Å². The Hall–Kier alpha value is -1.27. The molecule has 0 saturated carbocycles. The first-order valence-electron chi connectivity index (χ1n) is 5.61. The van der Waals surface area contributed by atoms with Gasteiger partial charge in [0.2, 0.25) is 0 Å². The molecule has 1 unspecified atom stereocenters. The Labute approximate surface area is 122 Å². The van der Waals surface area contributed by atoms with Crippen LogP contribution in [0, 0.1) is 0 Å². The number of phosphoric acid groups is 1. The molecule has 0 radical (unpaired) electrons. The van der Waals surface area contributed by atoms with Crippen LogP contribution in [-0.4, -0.2) is 17.5 Å². The van der Waals surface area contributed by atoms with Crippen molar-refractivity contribution < 1.29 is 27.5 Å². The van der Waals surface area contributed by atoms with Gasteiger partial charge in [-0.15, -0.1) is 0 Å². The number of ether oxygens (including phenoxy) is 1. The predicted octanol–water partition coefficient (Wildman–Crippen LogP) is 2.69. The van der Waals surface area contributed by atoms with Gasteiger partial charge in [-0.2, -0.15) is 0 Å². The van der Waals surface area contributed by atoms with Crippen LogP contribution >= 0.6 is 20.7 Å². The molecule has 110 valence electrons. The number of esters is 1. The number of thiol groups is 1. The number of rotatable bonds is 7. The minimum atomic E-state index is -4.17. The molecule has 0 aliphatic carbocycles.